The molecule has 0 saturated carbocycles. The molecule has 0 radical (unpaired) electrons. The van der Waals surface area contributed by atoms with Crippen LogP contribution in [0.5, 0.6) is 0 Å². The van der Waals surface area contributed by atoms with Crippen LogP contribution in [0.25, 0.3) is 11.5 Å². The Balaban J connectivity index is 1.71. The zero-order valence-corrected chi connectivity index (χ0v) is 14.6. The maximum absolute atomic E-state index is 12.4. The van der Waals surface area contributed by atoms with Crippen LogP contribution in [-0.4, -0.2) is 15.9 Å². The van der Waals surface area contributed by atoms with Gasteiger partial charge in [-0.2, -0.15) is 0 Å². The molecule has 0 unspecified atom stereocenters. The normalized spacial score (nSPS) is 11.3. The second-order valence-corrected chi connectivity index (χ2v) is 6.84. The summed E-state index contributed by atoms with van der Waals surface area (Å²) < 4.78 is 5.38. The van der Waals surface area contributed by atoms with Crippen molar-refractivity contribution >= 4 is 5.91 Å². The van der Waals surface area contributed by atoms with Crippen molar-refractivity contribution in [3.05, 3.63) is 71.9 Å². The third-order valence-electron chi connectivity index (χ3n) is 3.96. The quantitative estimate of drug-likeness (QED) is 0.783. The van der Waals surface area contributed by atoms with Crippen LogP contribution in [0.3, 0.4) is 0 Å². The Bertz CT molecular complexity index is 847. The van der Waals surface area contributed by atoms with Crippen molar-refractivity contribution in [2.75, 3.05) is 0 Å². The van der Waals surface area contributed by atoms with E-state index in [9.17, 15) is 4.79 Å². The average molecular weight is 335 g/mol. The molecule has 25 heavy (non-hydrogen) atoms. The molecule has 3 aromatic rings. The maximum Gasteiger partial charge on any atom is 0.251 e. The lowest BCUT2D eigenvalue weighted by molar-refractivity contribution is 0.0950. The van der Waals surface area contributed by atoms with Gasteiger partial charge in [0.1, 0.15) is 5.69 Å². The van der Waals surface area contributed by atoms with E-state index in [0.717, 1.165) is 0 Å². The number of nitrogens with zero attached hydrogens (tertiary/aromatic N) is 2. The van der Waals surface area contributed by atoms with Crippen LogP contribution in [0.4, 0.5) is 0 Å². The maximum atomic E-state index is 12.4. The third-order valence-corrected chi connectivity index (χ3v) is 3.96. The van der Waals surface area contributed by atoms with E-state index in [2.05, 4.69) is 36.1 Å². The van der Waals surface area contributed by atoms with Crippen LogP contribution in [0.2, 0.25) is 0 Å². The molecular formula is C20H21N3O2. The van der Waals surface area contributed by atoms with Gasteiger partial charge in [-0.3, -0.25) is 9.78 Å². The summed E-state index contributed by atoms with van der Waals surface area (Å²) in [6.45, 7) is 6.72. The van der Waals surface area contributed by atoms with Gasteiger partial charge in [0.15, 0.2) is 5.76 Å². The summed E-state index contributed by atoms with van der Waals surface area (Å²) in [6, 6.07) is 11.3. The summed E-state index contributed by atoms with van der Waals surface area (Å²) in [4.78, 5) is 21.0. The van der Waals surface area contributed by atoms with Crippen LogP contribution in [-0.2, 0) is 12.0 Å². The molecule has 2 heterocycles. The second kappa shape index (κ2) is 6.89. The van der Waals surface area contributed by atoms with E-state index < -0.39 is 0 Å². The van der Waals surface area contributed by atoms with Crippen molar-refractivity contribution < 1.29 is 9.21 Å². The second-order valence-electron chi connectivity index (χ2n) is 6.84. The van der Waals surface area contributed by atoms with Crippen LogP contribution in [0, 0.1) is 0 Å². The van der Waals surface area contributed by atoms with Gasteiger partial charge in [0.25, 0.3) is 5.91 Å². The van der Waals surface area contributed by atoms with Crippen molar-refractivity contribution in [2.24, 2.45) is 0 Å². The van der Waals surface area contributed by atoms with Gasteiger partial charge in [-0.05, 0) is 35.2 Å². The highest BCUT2D eigenvalue weighted by atomic mass is 16.3. The number of carbonyl (C=O) groups is 1. The van der Waals surface area contributed by atoms with E-state index >= 15 is 0 Å². The molecule has 1 amide bonds. The SMILES string of the molecule is CC(C)(C)c1ccc(C(=O)NCc2nccnc2-c2ccco2)cc1. The zero-order valence-electron chi connectivity index (χ0n) is 14.6. The Hall–Kier alpha value is -2.95. The fourth-order valence-corrected chi connectivity index (χ4v) is 2.50. The fourth-order valence-electron chi connectivity index (χ4n) is 2.50. The minimum Gasteiger partial charge on any atom is -0.463 e. The van der Waals surface area contributed by atoms with Gasteiger partial charge in [0.2, 0.25) is 0 Å². The van der Waals surface area contributed by atoms with Crippen molar-refractivity contribution in [2.45, 2.75) is 32.7 Å². The number of hydrogen-bond acceptors (Lipinski definition) is 4. The summed E-state index contributed by atoms with van der Waals surface area (Å²) >= 11 is 0. The number of amides is 1. The fraction of sp³-hybridized carbons (Fsp3) is 0.250. The van der Waals surface area contributed by atoms with Crippen LogP contribution < -0.4 is 5.32 Å². The van der Waals surface area contributed by atoms with Crippen molar-refractivity contribution in [3.8, 4) is 11.5 Å². The molecule has 5 nitrogen and oxygen atoms in total. The van der Waals surface area contributed by atoms with Gasteiger partial charge in [0, 0.05) is 18.0 Å². The highest BCUT2D eigenvalue weighted by Gasteiger charge is 2.15. The first-order chi connectivity index (χ1) is 11.9. The number of rotatable bonds is 4. The van der Waals surface area contributed by atoms with E-state index in [0.29, 0.717) is 22.7 Å². The lowest BCUT2D eigenvalue weighted by atomic mass is 9.87. The lowest BCUT2D eigenvalue weighted by Gasteiger charge is -2.19. The van der Waals surface area contributed by atoms with E-state index in [1.807, 2.05) is 30.3 Å². The van der Waals surface area contributed by atoms with Crippen molar-refractivity contribution in [1.82, 2.24) is 15.3 Å². The first kappa shape index (κ1) is 16.9. The highest BCUT2D eigenvalue weighted by molar-refractivity contribution is 5.94. The zero-order chi connectivity index (χ0) is 17.9. The number of hydrogen-bond donors (Lipinski definition) is 1. The average Bonchev–Trinajstić information content (AvgIpc) is 3.14. The predicted molar refractivity (Wildman–Crippen MR) is 96.0 cm³/mol. The lowest BCUT2D eigenvalue weighted by Crippen LogP contribution is -2.24. The molecule has 3 rings (SSSR count). The van der Waals surface area contributed by atoms with Crippen LogP contribution in [0.15, 0.2) is 59.5 Å². The van der Waals surface area contributed by atoms with E-state index in [1.165, 1.54) is 5.56 Å². The molecule has 5 heteroatoms. The number of furan rings is 1. The molecule has 0 saturated heterocycles. The highest BCUT2D eigenvalue weighted by Crippen LogP contribution is 2.22. The first-order valence-electron chi connectivity index (χ1n) is 8.17. The molecule has 0 atom stereocenters. The van der Waals surface area contributed by atoms with E-state index in [4.69, 9.17) is 4.42 Å². The Kier molecular flexibility index (Phi) is 4.65. The Morgan fingerprint density at radius 1 is 1.08 bits per heavy atom. The monoisotopic (exact) mass is 335 g/mol. The van der Waals surface area contributed by atoms with E-state index in [1.54, 1.807) is 24.7 Å². The minimum absolute atomic E-state index is 0.0621. The third kappa shape index (κ3) is 3.94. The molecule has 1 N–H and O–H groups in total. The predicted octanol–water partition coefficient (Wildman–Crippen LogP) is 3.96. The molecule has 0 spiro atoms. The van der Waals surface area contributed by atoms with Crippen molar-refractivity contribution in [3.63, 3.8) is 0 Å². The number of carbonyl (C=O) groups excluding carboxylic acids is 1. The standard InChI is InChI=1S/C20H21N3O2/c1-20(2,3)15-8-6-14(7-9-15)19(24)23-13-16-18(22-11-10-21-16)17-5-4-12-25-17/h4-12H,13H2,1-3H3,(H,23,24). The molecule has 0 aliphatic rings. The Morgan fingerprint density at radius 3 is 2.44 bits per heavy atom. The molecule has 0 bridgehead atoms. The van der Waals surface area contributed by atoms with E-state index in [-0.39, 0.29) is 17.9 Å². The van der Waals surface area contributed by atoms with Gasteiger partial charge in [-0.25, -0.2) is 4.98 Å². The molecule has 0 aliphatic carbocycles. The molecule has 0 fully saturated rings. The minimum atomic E-state index is -0.142. The van der Waals surface area contributed by atoms with Gasteiger partial charge in [0.05, 0.1) is 18.5 Å². The van der Waals surface area contributed by atoms with Crippen LogP contribution in [0.1, 0.15) is 42.4 Å². The van der Waals surface area contributed by atoms with Gasteiger partial charge >= 0.3 is 0 Å². The first-order valence-corrected chi connectivity index (χ1v) is 8.17. The Morgan fingerprint density at radius 2 is 1.80 bits per heavy atom. The summed E-state index contributed by atoms with van der Waals surface area (Å²) in [7, 11) is 0. The molecule has 2 aromatic heterocycles. The summed E-state index contributed by atoms with van der Waals surface area (Å²) in [5.41, 5.74) is 3.18. The number of nitrogens with one attached hydrogen (secondary N) is 1. The van der Waals surface area contributed by atoms with Crippen molar-refractivity contribution in [1.29, 1.82) is 0 Å². The largest absolute Gasteiger partial charge is 0.463 e. The topological polar surface area (TPSA) is 68.0 Å². The number of benzene rings is 1. The molecule has 1 aromatic carbocycles. The number of aromatic nitrogens is 2. The van der Waals surface area contributed by atoms with Crippen LogP contribution >= 0.6 is 0 Å². The molecule has 128 valence electrons. The summed E-state index contributed by atoms with van der Waals surface area (Å²) in [5.74, 6) is 0.489. The van der Waals surface area contributed by atoms with Gasteiger partial charge < -0.3 is 9.73 Å². The summed E-state index contributed by atoms with van der Waals surface area (Å²) in [5, 5.41) is 2.89. The van der Waals surface area contributed by atoms with Gasteiger partial charge in [-0.1, -0.05) is 32.9 Å². The molecule has 0 aliphatic heterocycles. The molecular weight excluding hydrogens is 314 g/mol. The summed E-state index contributed by atoms with van der Waals surface area (Å²) in [6.07, 6.45) is 4.80. The van der Waals surface area contributed by atoms with Gasteiger partial charge in [-0.15, -0.1) is 0 Å². The Labute approximate surface area is 147 Å². The smallest absolute Gasteiger partial charge is 0.251 e.